The Bertz CT molecular complexity index is 654. The molecule has 1 amide bonds. The second kappa shape index (κ2) is 7.22. The molecule has 21 heavy (non-hydrogen) atoms. The molecule has 0 fully saturated rings. The molecule has 0 aromatic rings. The molecular weight excluding hydrogens is 292 g/mol. The molecule has 1 aliphatic heterocycles. The molecule has 0 atom stereocenters. The standard InChI is InChI=1S/C15H17ClN2O3/c1-10-12-5-4-11(19)9-13(12)21-15(18-10)6-8-17-14(20)3-2-7-16/h4-5,9H,2-3,6-8H2,1H3,(H,17,20). The van der Waals surface area contributed by atoms with Gasteiger partial charge in [-0.3, -0.25) is 9.59 Å². The number of benzene rings is 1. The quantitative estimate of drug-likeness (QED) is 0.830. The molecule has 0 radical (unpaired) electrons. The van der Waals surface area contributed by atoms with Crippen molar-refractivity contribution in [2.45, 2.75) is 26.2 Å². The number of alkyl halides is 1. The Hall–Kier alpha value is -1.88. The number of nitrogens with one attached hydrogen (secondary N) is 1. The fourth-order valence-corrected chi connectivity index (χ4v) is 2.15. The molecule has 0 spiro atoms. The second-order valence-corrected chi connectivity index (χ2v) is 5.12. The molecule has 2 aliphatic rings. The van der Waals surface area contributed by atoms with Crippen molar-refractivity contribution < 1.29 is 9.21 Å². The van der Waals surface area contributed by atoms with Crippen molar-refractivity contribution in [2.24, 2.45) is 0 Å². The average Bonchev–Trinajstić information content (AvgIpc) is 2.44. The topological polar surface area (TPSA) is 72.2 Å². The lowest BCUT2D eigenvalue weighted by Crippen LogP contribution is -2.25. The third kappa shape index (κ3) is 4.29. The summed E-state index contributed by atoms with van der Waals surface area (Å²) in [5.74, 6) is 1.47. The Morgan fingerprint density at radius 2 is 2.24 bits per heavy atom. The van der Waals surface area contributed by atoms with Crippen LogP contribution < -0.4 is 10.7 Å². The van der Waals surface area contributed by atoms with Crippen LogP contribution in [0.15, 0.2) is 27.4 Å². The van der Waals surface area contributed by atoms with Crippen molar-refractivity contribution in [3.63, 3.8) is 0 Å². The number of amides is 1. The third-order valence-corrected chi connectivity index (χ3v) is 3.33. The number of nitrogens with zero attached hydrogens (tertiary/aromatic N) is 1. The minimum Gasteiger partial charge on any atom is -0.442 e. The molecule has 6 heteroatoms. The summed E-state index contributed by atoms with van der Waals surface area (Å²) in [5.41, 5.74) is 1.53. The summed E-state index contributed by atoms with van der Waals surface area (Å²) in [5, 5.41) is 2.79. The molecule has 0 saturated heterocycles. The summed E-state index contributed by atoms with van der Waals surface area (Å²) in [6, 6.07) is 4.65. The molecule has 1 heterocycles. The fraction of sp³-hybridized carbons (Fsp3) is 0.400. The fourth-order valence-electron chi connectivity index (χ4n) is 2.01. The summed E-state index contributed by atoms with van der Waals surface area (Å²) in [7, 11) is 0. The van der Waals surface area contributed by atoms with Crippen molar-refractivity contribution in [1.29, 1.82) is 0 Å². The first-order valence-corrected chi connectivity index (χ1v) is 7.36. The first-order chi connectivity index (χ1) is 10.1. The minimum absolute atomic E-state index is 0.0324. The first kappa shape index (κ1) is 15.5. The zero-order chi connectivity index (χ0) is 15.2. The van der Waals surface area contributed by atoms with E-state index >= 15 is 0 Å². The predicted molar refractivity (Wildman–Crippen MR) is 80.8 cm³/mol. The summed E-state index contributed by atoms with van der Waals surface area (Å²) in [6.45, 7) is 2.31. The maximum Gasteiger partial charge on any atom is 0.220 e. The lowest BCUT2D eigenvalue weighted by atomic mass is 10.1. The van der Waals surface area contributed by atoms with Crippen molar-refractivity contribution in [3.8, 4) is 11.3 Å². The van der Waals surface area contributed by atoms with E-state index in [1.165, 1.54) is 12.1 Å². The normalized spacial score (nSPS) is 10.8. The van der Waals surface area contributed by atoms with Crippen LogP contribution in [0.2, 0.25) is 0 Å². The van der Waals surface area contributed by atoms with Gasteiger partial charge in [0.2, 0.25) is 5.91 Å². The molecule has 0 unspecified atom stereocenters. The van der Waals surface area contributed by atoms with E-state index in [0.717, 1.165) is 11.3 Å². The van der Waals surface area contributed by atoms with E-state index in [0.29, 0.717) is 43.3 Å². The lowest BCUT2D eigenvalue weighted by Gasteiger charge is -2.10. The van der Waals surface area contributed by atoms with Crippen molar-refractivity contribution in [2.75, 3.05) is 12.4 Å². The van der Waals surface area contributed by atoms with Crippen LogP contribution in [0.4, 0.5) is 0 Å². The van der Waals surface area contributed by atoms with Crippen molar-refractivity contribution >= 4 is 17.5 Å². The maximum atomic E-state index is 11.5. The van der Waals surface area contributed by atoms with Gasteiger partial charge in [-0.25, -0.2) is 4.98 Å². The number of carbonyl (C=O) groups excluding carboxylic acids is 1. The molecule has 5 nitrogen and oxygen atoms in total. The van der Waals surface area contributed by atoms with Crippen molar-refractivity contribution in [3.05, 3.63) is 40.0 Å². The Labute approximate surface area is 127 Å². The third-order valence-electron chi connectivity index (χ3n) is 3.06. The number of aromatic nitrogens is 1. The number of hydrogen-bond acceptors (Lipinski definition) is 4. The van der Waals surface area contributed by atoms with Gasteiger partial charge in [0.05, 0.1) is 5.69 Å². The molecule has 0 bridgehead atoms. The van der Waals surface area contributed by atoms with Gasteiger partial charge in [0, 0.05) is 36.9 Å². The molecule has 112 valence electrons. The summed E-state index contributed by atoms with van der Waals surface area (Å²) in [6.07, 6.45) is 1.56. The number of halogens is 1. The Balaban J connectivity index is 2.01. The van der Waals surface area contributed by atoms with E-state index in [4.69, 9.17) is 16.0 Å². The predicted octanol–water partition coefficient (Wildman–Crippen LogP) is 2.13. The average molecular weight is 309 g/mol. The summed E-state index contributed by atoms with van der Waals surface area (Å²) in [4.78, 5) is 27.2. The highest BCUT2D eigenvalue weighted by Crippen LogP contribution is 2.23. The van der Waals surface area contributed by atoms with Crippen LogP contribution in [0.1, 0.15) is 24.4 Å². The lowest BCUT2D eigenvalue weighted by molar-refractivity contribution is -0.121. The minimum atomic E-state index is -0.0998. The van der Waals surface area contributed by atoms with Crippen LogP contribution in [-0.4, -0.2) is 23.3 Å². The molecule has 2 rings (SSSR count). The number of fused-ring (bicyclic) bond motifs is 1. The van der Waals surface area contributed by atoms with Gasteiger partial charge in [0.15, 0.2) is 11.3 Å². The Morgan fingerprint density at radius 1 is 1.43 bits per heavy atom. The van der Waals surface area contributed by atoms with Gasteiger partial charge >= 0.3 is 0 Å². The van der Waals surface area contributed by atoms with E-state index in [-0.39, 0.29) is 11.3 Å². The van der Waals surface area contributed by atoms with Gasteiger partial charge in [-0.05, 0) is 25.5 Å². The zero-order valence-electron chi connectivity index (χ0n) is 11.8. The van der Waals surface area contributed by atoms with Crippen LogP contribution in [0.5, 0.6) is 0 Å². The van der Waals surface area contributed by atoms with E-state index in [1.54, 1.807) is 6.07 Å². The molecule has 0 saturated carbocycles. The SMILES string of the molecule is Cc1nc(CCNC(=O)CCCCl)oc2cc(=O)ccc1-2. The smallest absolute Gasteiger partial charge is 0.220 e. The van der Waals surface area contributed by atoms with Crippen LogP contribution in [-0.2, 0) is 11.2 Å². The highest BCUT2D eigenvalue weighted by molar-refractivity contribution is 6.17. The second-order valence-electron chi connectivity index (χ2n) is 4.74. The molecule has 1 aliphatic carbocycles. The van der Waals surface area contributed by atoms with E-state index in [2.05, 4.69) is 10.3 Å². The van der Waals surface area contributed by atoms with Crippen molar-refractivity contribution in [1.82, 2.24) is 10.3 Å². The van der Waals surface area contributed by atoms with Gasteiger partial charge in [-0.1, -0.05) is 0 Å². The monoisotopic (exact) mass is 308 g/mol. The van der Waals surface area contributed by atoms with Gasteiger partial charge in [0.25, 0.3) is 0 Å². The van der Waals surface area contributed by atoms with E-state index < -0.39 is 0 Å². The Morgan fingerprint density at radius 3 is 3.00 bits per heavy atom. The molecule has 0 aromatic heterocycles. The number of aryl methyl sites for hydroxylation is 1. The van der Waals surface area contributed by atoms with E-state index in [1.807, 2.05) is 6.92 Å². The van der Waals surface area contributed by atoms with Gasteiger partial charge in [-0.2, -0.15) is 0 Å². The molecular formula is C15H17ClN2O3. The number of hydrogen-bond donors (Lipinski definition) is 1. The molecule has 0 aromatic carbocycles. The number of rotatable bonds is 6. The Kier molecular flexibility index (Phi) is 5.33. The highest BCUT2D eigenvalue weighted by Gasteiger charge is 2.12. The van der Waals surface area contributed by atoms with Crippen LogP contribution >= 0.6 is 11.6 Å². The zero-order valence-corrected chi connectivity index (χ0v) is 12.6. The first-order valence-electron chi connectivity index (χ1n) is 6.83. The van der Waals surface area contributed by atoms with Crippen LogP contribution in [0.25, 0.3) is 11.3 Å². The van der Waals surface area contributed by atoms with Gasteiger partial charge in [-0.15, -0.1) is 11.6 Å². The van der Waals surface area contributed by atoms with Gasteiger partial charge in [0.1, 0.15) is 5.76 Å². The largest absolute Gasteiger partial charge is 0.442 e. The summed E-state index contributed by atoms with van der Waals surface area (Å²) < 4.78 is 5.60. The maximum absolute atomic E-state index is 11.5. The van der Waals surface area contributed by atoms with Gasteiger partial charge < -0.3 is 9.73 Å². The van der Waals surface area contributed by atoms with E-state index in [9.17, 15) is 9.59 Å². The highest BCUT2D eigenvalue weighted by atomic mass is 35.5. The number of carbonyl (C=O) groups is 1. The molecule has 1 N–H and O–H groups in total. The van der Waals surface area contributed by atoms with Crippen LogP contribution in [0, 0.1) is 6.92 Å². The van der Waals surface area contributed by atoms with Crippen LogP contribution in [0.3, 0.4) is 0 Å². The summed E-state index contributed by atoms with van der Waals surface area (Å²) >= 11 is 5.53.